The van der Waals surface area contributed by atoms with Gasteiger partial charge < -0.3 is 38.8 Å². The van der Waals surface area contributed by atoms with E-state index in [2.05, 4.69) is 25.0 Å². The van der Waals surface area contributed by atoms with E-state index >= 15 is 0 Å². The van der Waals surface area contributed by atoms with Crippen molar-refractivity contribution in [3.8, 4) is 0 Å². The number of ether oxygens (including phenoxy) is 5. The molecular formula is C26H38ClN6O10P. The summed E-state index contributed by atoms with van der Waals surface area (Å²) in [6, 6.07) is 0.278. The van der Waals surface area contributed by atoms with Gasteiger partial charge in [0.05, 0.1) is 12.4 Å². The van der Waals surface area contributed by atoms with E-state index in [-0.39, 0.29) is 17.9 Å². The van der Waals surface area contributed by atoms with Crippen LogP contribution in [0.15, 0.2) is 6.33 Å². The van der Waals surface area contributed by atoms with Gasteiger partial charge in [0.15, 0.2) is 29.0 Å². The van der Waals surface area contributed by atoms with Crippen molar-refractivity contribution in [2.75, 3.05) is 31.9 Å². The second-order valence-electron chi connectivity index (χ2n) is 11.8. The Morgan fingerprint density at radius 3 is 2.66 bits per heavy atom. The first kappa shape index (κ1) is 32.8. The standard InChI is InChI=1S/C26H38ClN6O10P/c1-14(2)40-25(35)38-13-39-44(36,37)11-17(34)32(5)10-16-19-20(43-26(3,4)42-19)23(41-16)33-12-28-18-21(29-15-8-6-7-9-15)30-24(27)31-22(18)33/h12,14-16,19-20,23H,6-11,13H2,1-5H3,(H,36,37)(H,29,30,31)/t16-,19-,20-,23-/m1/s1. The minimum absolute atomic E-state index is 0.00398. The van der Waals surface area contributed by atoms with Gasteiger partial charge in [-0.2, -0.15) is 9.97 Å². The highest BCUT2D eigenvalue weighted by atomic mass is 35.5. The molecule has 1 amide bonds. The number of carbonyl (C=O) groups excluding carboxylic acids is 2. The lowest BCUT2D eigenvalue weighted by Gasteiger charge is -2.27. The molecule has 2 saturated heterocycles. The SMILES string of the molecule is CC(C)OC(=O)OCOP(=O)(O)CC(=O)N(C)C[C@H]1O[C@@H](n2cnc3c(NC4CCCC4)nc(Cl)nc32)[C@@H]2OC(C)(C)O[C@@H]21. The van der Waals surface area contributed by atoms with Gasteiger partial charge in [0.1, 0.15) is 24.5 Å². The summed E-state index contributed by atoms with van der Waals surface area (Å²) in [6.45, 7) is 5.94. The topological polar surface area (TPSA) is 186 Å². The monoisotopic (exact) mass is 660 g/mol. The Balaban J connectivity index is 1.27. The van der Waals surface area contributed by atoms with Crippen LogP contribution in [-0.2, 0) is 37.6 Å². The zero-order chi connectivity index (χ0) is 31.8. The number of rotatable bonds is 11. The highest BCUT2D eigenvalue weighted by Gasteiger charge is 2.56. The van der Waals surface area contributed by atoms with E-state index in [1.807, 2.05) is 0 Å². The average Bonchev–Trinajstić information content (AvgIpc) is 3.68. The predicted octanol–water partition coefficient (Wildman–Crippen LogP) is 3.43. The number of fused-ring (bicyclic) bond motifs is 2. The molecule has 18 heteroatoms. The lowest BCUT2D eigenvalue weighted by molar-refractivity contribution is -0.197. The summed E-state index contributed by atoms with van der Waals surface area (Å²) in [4.78, 5) is 49.1. The molecule has 4 heterocycles. The quantitative estimate of drug-likeness (QED) is 0.154. The molecule has 244 valence electrons. The number of likely N-dealkylation sites (N-methyl/N-ethyl adjacent to an activating group) is 1. The second-order valence-corrected chi connectivity index (χ2v) is 14.0. The lowest BCUT2D eigenvalue weighted by Crippen LogP contribution is -2.41. The van der Waals surface area contributed by atoms with Crippen LogP contribution in [0.3, 0.4) is 0 Å². The van der Waals surface area contributed by atoms with Gasteiger partial charge in [-0.05, 0) is 52.1 Å². The summed E-state index contributed by atoms with van der Waals surface area (Å²) < 4.78 is 47.1. The largest absolute Gasteiger partial charge is 0.510 e. The van der Waals surface area contributed by atoms with Gasteiger partial charge >= 0.3 is 13.8 Å². The Labute approximate surface area is 259 Å². The van der Waals surface area contributed by atoms with Gasteiger partial charge in [0, 0.05) is 19.6 Å². The number of halogens is 1. The average molecular weight is 661 g/mol. The molecule has 5 atom stereocenters. The van der Waals surface area contributed by atoms with Gasteiger partial charge in [-0.15, -0.1) is 0 Å². The fourth-order valence-electron chi connectivity index (χ4n) is 5.56. The molecule has 2 aromatic heterocycles. The fraction of sp³-hybridized carbons (Fsp3) is 0.731. The molecule has 2 aliphatic heterocycles. The van der Waals surface area contributed by atoms with Crippen LogP contribution in [0, 0.1) is 0 Å². The molecule has 0 radical (unpaired) electrons. The molecule has 1 unspecified atom stereocenters. The van der Waals surface area contributed by atoms with E-state index in [9.17, 15) is 19.0 Å². The van der Waals surface area contributed by atoms with E-state index < -0.39 is 69.0 Å². The first-order chi connectivity index (χ1) is 20.7. The van der Waals surface area contributed by atoms with Crippen molar-refractivity contribution in [2.45, 2.75) is 95.9 Å². The van der Waals surface area contributed by atoms with E-state index in [0.29, 0.717) is 17.0 Å². The number of carbonyl (C=O) groups is 2. The minimum atomic E-state index is -4.45. The normalized spacial score (nSPS) is 26.1. The number of nitrogens with zero attached hydrogens (tertiary/aromatic N) is 5. The summed E-state index contributed by atoms with van der Waals surface area (Å²) in [5.74, 6) is -1.09. The van der Waals surface area contributed by atoms with E-state index in [0.717, 1.165) is 25.7 Å². The van der Waals surface area contributed by atoms with Crippen LogP contribution in [0.25, 0.3) is 11.2 Å². The van der Waals surface area contributed by atoms with Crippen molar-refractivity contribution in [1.29, 1.82) is 0 Å². The molecule has 1 aliphatic carbocycles. The third kappa shape index (κ3) is 7.61. The van der Waals surface area contributed by atoms with Gasteiger partial charge in [0.2, 0.25) is 18.0 Å². The predicted molar refractivity (Wildman–Crippen MR) is 155 cm³/mol. The van der Waals surface area contributed by atoms with Gasteiger partial charge in [-0.3, -0.25) is 18.5 Å². The number of aromatic nitrogens is 4. The Kier molecular flexibility index (Phi) is 9.71. The molecule has 5 rings (SSSR count). The lowest BCUT2D eigenvalue weighted by atomic mass is 10.1. The molecule has 44 heavy (non-hydrogen) atoms. The van der Waals surface area contributed by atoms with Gasteiger partial charge in [-0.1, -0.05) is 12.8 Å². The number of imidazole rings is 1. The van der Waals surface area contributed by atoms with Crippen molar-refractivity contribution < 1.29 is 47.3 Å². The van der Waals surface area contributed by atoms with Crippen molar-refractivity contribution >= 4 is 48.2 Å². The highest BCUT2D eigenvalue weighted by molar-refractivity contribution is 7.53. The van der Waals surface area contributed by atoms with Crippen LogP contribution >= 0.6 is 19.2 Å². The first-order valence-corrected chi connectivity index (χ1v) is 16.6. The molecule has 2 aromatic rings. The van der Waals surface area contributed by atoms with Crippen LogP contribution in [0.5, 0.6) is 0 Å². The third-order valence-electron chi connectivity index (χ3n) is 7.47. The van der Waals surface area contributed by atoms with Gasteiger partial charge in [-0.25, -0.2) is 9.78 Å². The Hall–Kier alpha value is -2.59. The maximum Gasteiger partial charge on any atom is 0.510 e. The molecule has 1 saturated carbocycles. The van der Waals surface area contributed by atoms with Crippen LogP contribution in [0.2, 0.25) is 5.28 Å². The summed E-state index contributed by atoms with van der Waals surface area (Å²) in [7, 11) is -2.98. The van der Waals surface area contributed by atoms with Crippen molar-refractivity contribution in [2.24, 2.45) is 0 Å². The van der Waals surface area contributed by atoms with Crippen molar-refractivity contribution in [1.82, 2.24) is 24.4 Å². The number of hydrogen-bond donors (Lipinski definition) is 2. The first-order valence-electron chi connectivity index (χ1n) is 14.4. The number of anilines is 1. The Bertz CT molecular complexity index is 1420. The molecule has 3 aliphatic rings. The zero-order valence-electron chi connectivity index (χ0n) is 25.2. The second kappa shape index (κ2) is 13.0. The molecule has 0 spiro atoms. The molecule has 0 aromatic carbocycles. The molecular weight excluding hydrogens is 623 g/mol. The van der Waals surface area contributed by atoms with E-state index in [1.54, 1.807) is 38.6 Å². The van der Waals surface area contributed by atoms with Crippen molar-refractivity contribution in [3.05, 3.63) is 11.6 Å². The molecule has 16 nitrogen and oxygen atoms in total. The number of amides is 1. The smallest absolute Gasteiger partial charge is 0.432 e. The Morgan fingerprint density at radius 2 is 1.95 bits per heavy atom. The molecule has 0 bridgehead atoms. The van der Waals surface area contributed by atoms with Crippen LogP contribution < -0.4 is 5.32 Å². The summed E-state index contributed by atoms with van der Waals surface area (Å²) in [5, 5.41) is 3.50. The molecule has 3 fully saturated rings. The van der Waals surface area contributed by atoms with Crippen molar-refractivity contribution in [3.63, 3.8) is 0 Å². The summed E-state index contributed by atoms with van der Waals surface area (Å²) in [6.07, 6.45) is 0.991. The van der Waals surface area contributed by atoms with Crippen LogP contribution in [0.4, 0.5) is 10.6 Å². The summed E-state index contributed by atoms with van der Waals surface area (Å²) in [5.41, 5.74) is 0.987. The van der Waals surface area contributed by atoms with Crippen LogP contribution in [-0.4, -0.2) is 104 Å². The third-order valence-corrected chi connectivity index (χ3v) is 8.82. The van der Waals surface area contributed by atoms with E-state index in [1.165, 1.54) is 11.9 Å². The minimum Gasteiger partial charge on any atom is -0.432 e. The van der Waals surface area contributed by atoms with Gasteiger partial charge in [0.25, 0.3) is 0 Å². The molecule has 2 N–H and O–H groups in total. The maximum absolute atomic E-state index is 12.9. The zero-order valence-corrected chi connectivity index (χ0v) is 26.8. The highest BCUT2D eigenvalue weighted by Crippen LogP contribution is 2.45. The number of hydrogen-bond acceptors (Lipinski definition) is 13. The maximum atomic E-state index is 12.9. The number of nitrogens with one attached hydrogen (secondary N) is 1. The Morgan fingerprint density at radius 1 is 1.25 bits per heavy atom. The summed E-state index contributed by atoms with van der Waals surface area (Å²) >= 11 is 6.33. The van der Waals surface area contributed by atoms with Crippen LogP contribution in [0.1, 0.15) is 59.6 Å². The van der Waals surface area contributed by atoms with E-state index in [4.69, 9.17) is 35.1 Å². The fourth-order valence-corrected chi connectivity index (χ4v) is 6.62.